The number of nitrogens with two attached hydrogens (primary N) is 1. The number of nitrogens with one attached hydrogen (secondary N) is 1. The van der Waals surface area contributed by atoms with E-state index in [1.165, 1.54) is 23.9 Å². The lowest BCUT2D eigenvalue weighted by Crippen LogP contribution is -3.00. The summed E-state index contributed by atoms with van der Waals surface area (Å²) in [5.41, 5.74) is 9.44. The molecule has 0 aliphatic carbocycles. The molecule has 0 saturated heterocycles. The Morgan fingerprint density at radius 1 is 1.15 bits per heavy atom. The molecule has 0 spiro atoms. The lowest BCUT2D eigenvalue weighted by atomic mass is 10.1. The molecule has 5 nitrogen and oxygen atoms in total. The van der Waals surface area contributed by atoms with E-state index < -0.39 is 0 Å². The number of aromatic amines is 1. The maximum Gasteiger partial charge on any atom is 1.00 e. The summed E-state index contributed by atoms with van der Waals surface area (Å²) in [6.45, 7) is 0. The lowest BCUT2D eigenvalue weighted by molar-refractivity contribution is -0.00000651. The highest BCUT2D eigenvalue weighted by molar-refractivity contribution is 7.98. The quantitative estimate of drug-likeness (QED) is 0.474. The maximum absolute atomic E-state index is 12.9. The summed E-state index contributed by atoms with van der Waals surface area (Å²) >= 11 is 1.40. The number of para-hydroxylation sites is 1. The van der Waals surface area contributed by atoms with Crippen molar-refractivity contribution in [3.05, 3.63) is 77.6 Å². The van der Waals surface area contributed by atoms with E-state index in [1.54, 1.807) is 12.1 Å². The van der Waals surface area contributed by atoms with Gasteiger partial charge in [-0.25, -0.2) is 4.39 Å². The summed E-state index contributed by atoms with van der Waals surface area (Å²) < 4.78 is 18.6. The zero-order valence-corrected chi connectivity index (χ0v) is 15.8. The lowest BCUT2D eigenvalue weighted by Gasteiger charge is -2.05. The molecular formula is C19H18ClFN4OS. The van der Waals surface area contributed by atoms with Gasteiger partial charge < -0.3 is 27.5 Å². The summed E-state index contributed by atoms with van der Waals surface area (Å²) in [5.74, 6) is 0.790. The highest BCUT2D eigenvalue weighted by Gasteiger charge is 2.17. The van der Waals surface area contributed by atoms with Crippen molar-refractivity contribution in [2.45, 2.75) is 23.4 Å². The largest absolute Gasteiger partial charge is 1.00 e. The van der Waals surface area contributed by atoms with Crippen molar-refractivity contribution in [3.8, 4) is 0 Å². The van der Waals surface area contributed by atoms with Crippen LogP contribution in [0.25, 0.3) is 10.9 Å². The Kier molecular flexibility index (Phi) is 6.15. The Morgan fingerprint density at radius 2 is 1.93 bits per heavy atom. The SMILES string of the molecule is N[C@@H](Cc1c[nH]c2ccccc12)c1nnc(SCc2ccc(F)cc2)o1.[Cl-].[H+]. The minimum atomic E-state index is -0.373. The molecule has 4 aromatic rings. The third-order valence-corrected chi connectivity index (χ3v) is 5.02. The first-order chi connectivity index (χ1) is 12.7. The Hall–Kier alpha value is -2.35. The standard InChI is InChI=1S/C19H17FN4OS.ClH/c20-14-7-5-12(6-8-14)11-26-19-24-23-18(25-19)16(21)9-13-10-22-17-4-2-1-3-15(13)17;/h1-8,10,16,22H,9,11,21H2;1H/t16-;/m0./s1. The molecule has 8 heteroatoms. The highest BCUT2D eigenvalue weighted by Crippen LogP contribution is 2.26. The van der Waals surface area contributed by atoms with E-state index >= 15 is 0 Å². The van der Waals surface area contributed by atoms with Crippen LogP contribution in [0.15, 0.2) is 64.4 Å². The molecule has 0 fully saturated rings. The first-order valence-corrected chi connectivity index (χ1v) is 9.19. The van der Waals surface area contributed by atoms with E-state index in [0.717, 1.165) is 22.0 Å². The molecule has 0 bridgehead atoms. The van der Waals surface area contributed by atoms with E-state index in [0.29, 0.717) is 23.3 Å². The van der Waals surface area contributed by atoms with Crippen molar-refractivity contribution in [1.82, 2.24) is 15.2 Å². The Morgan fingerprint density at radius 3 is 2.74 bits per heavy atom. The van der Waals surface area contributed by atoms with Crippen molar-refractivity contribution in [1.29, 1.82) is 0 Å². The number of nitrogens with zero attached hydrogens (tertiary/aromatic N) is 2. The smallest absolute Gasteiger partial charge is 1.00 e. The number of aromatic nitrogens is 3. The predicted octanol–water partition coefficient (Wildman–Crippen LogP) is 1.34. The molecular weight excluding hydrogens is 387 g/mol. The zero-order chi connectivity index (χ0) is 17.9. The molecule has 3 N–H and O–H groups in total. The van der Waals surface area contributed by atoms with E-state index in [4.69, 9.17) is 10.2 Å². The van der Waals surface area contributed by atoms with Crippen LogP contribution in [0.3, 0.4) is 0 Å². The normalized spacial score (nSPS) is 12.1. The number of fused-ring (bicyclic) bond motifs is 1. The average molecular weight is 405 g/mol. The second kappa shape index (κ2) is 8.56. The number of halogens is 2. The zero-order valence-electron chi connectivity index (χ0n) is 15.2. The van der Waals surface area contributed by atoms with E-state index in [-0.39, 0.29) is 25.7 Å². The third-order valence-electron chi connectivity index (χ3n) is 4.13. The summed E-state index contributed by atoms with van der Waals surface area (Å²) in [6, 6.07) is 14.1. The molecule has 4 rings (SSSR count). The van der Waals surface area contributed by atoms with Gasteiger partial charge in [0.05, 0.1) is 6.04 Å². The van der Waals surface area contributed by atoms with Crippen LogP contribution in [-0.4, -0.2) is 15.2 Å². The molecule has 0 aliphatic heterocycles. The van der Waals surface area contributed by atoms with E-state index in [2.05, 4.69) is 21.2 Å². The molecule has 2 heterocycles. The Balaban J connectivity index is 0.00000140. The topological polar surface area (TPSA) is 80.7 Å². The minimum absolute atomic E-state index is 0. The molecule has 0 saturated carbocycles. The molecule has 0 aliphatic rings. The van der Waals surface area contributed by atoms with Gasteiger partial charge in [0.2, 0.25) is 5.89 Å². The van der Waals surface area contributed by atoms with E-state index in [9.17, 15) is 4.39 Å². The number of rotatable bonds is 6. The fourth-order valence-corrected chi connectivity index (χ4v) is 3.50. The van der Waals surface area contributed by atoms with Gasteiger partial charge in [0, 0.05) is 22.9 Å². The summed E-state index contributed by atoms with van der Waals surface area (Å²) in [4.78, 5) is 3.24. The number of hydrogen-bond acceptors (Lipinski definition) is 5. The van der Waals surface area contributed by atoms with Crippen LogP contribution < -0.4 is 18.1 Å². The predicted molar refractivity (Wildman–Crippen MR) is 100 cm³/mol. The van der Waals surface area contributed by atoms with Gasteiger partial charge in [-0.15, -0.1) is 10.2 Å². The van der Waals surface area contributed by atoms with Crippen molar-refractivity contribution in [3.63, 3.8) is 0 Å². The van der Waals surface area contributed by atoms with Crippen LogP contribution in [0.2, 0.25) is 0 Å². The van der Waals surface area contributed by atoms with Crippen LogP contribution in [0, 0.1) is 5.82 Å². The molecule has 2 aromatic heterocycles. The number of thioether (sulfide) groups is 1. The van der Waals surface area contributed by atoms with Crippen LogP contribution in [0.5, 0.6) is 0 Å². The fourth-order valence-electron chi connectivity index (χ4n) is 2.78. The van der Waals surface area contributed by atoms with Crippen LogP contribution in [0.4, 0.5) is 4.39 Å². The van der Waals surface area contributed by atoms with Crippen molar-refractivity contribution < 1.29 is 22.6 Å². The van der Waals surface area contributed by atoms with Crippen LogP contribution in [0.1, 0.15) is 24.5 Å². The second-order valence-electron chi connectivity index (χ2n) is 5.99. The molecule has 0 amide bonds. The Bertz CT molecular complexity index is 1020. The first kappa shape index (κ1) is 19.4. The summed E-state index contributed by atoms with van der Waals surface area (Å²) in [7, 11) is 0. The third kappa shape index (κ3) is 4.50. The van der Waals surface area contributed by atoms with Crippen LogP contribution in [-0.2, 0) is 12.2 Å². The monoisotopic (exact) mass is 404 g/mol. The highest BCUT2D eigenvalue weighted by atomic mass is 35.5. The summed E-state index contributed by atoms with van der Waals surface area (Å²) in [6.07, 6.45) is 2.57. The van der Waals surface area contributed by atoms with Gasteiger partial charge in [0.1, 0.15) is 5.82 Å². The van der Waals surface area contributed by atoms with Crippen molar-refractivity contribution in [2.24, 2.45) is 5.73 Å². The van der Waals surface area contributed by atoms with Gasteiger partial charge in [-0.1, -0.05) is 42.1 Å². The van der Waals surface area contributed by atoms with Gasteiger partial charge >= 0.3 is 1.43 Å². The molecule has 0 radical (unpaired) electrons. The molecule has 27 heavy (non-hydrogen) atoms. The van der Waals surface area contributed by atoms with Gasteiger partial charge in [0.25, 0.3) is 5.22 Å². The van der Waals surface area contributed by atoms with Gasteiger partial charge in [-0.2, -0.15) is 0 Å². The molecule has 140 valence electrons. The molecule has 0 unspecified atom stereocenters. The van der Waals surface area contributed by atoms with Crippen molar-refractivity contribution >= 4 is 22.7 Å². The first-order valence-electron chi connectivity index (χ1n) is 8.20. The minimum Gasteiger partial charge on any atom is -1.00 e. The van der Waals surface area contributed by atoms with E-state index in [1.807, 2.05) is 24.4 Å². The van der Waals surface area contributed by atoms with Gasteiger partial charge in [0.15, 0.2) is 0 Å². The molecule has 2 aromatic carbocycles. The molecule has 1 atom stereocenters. The fraction of sp³-hybridized carbons (Fsp3) is 0.158. The average Bonchev–Trinajstić information content (AvgIpc) is 3.29. The number of hydrogen-bond donors (Lipinski definition) is 2. The number of benzene rings is 2. The second-order valence-corrected chi connectivity index (χ2v) is 6.92. The number of H-pyrrole nitrogens is 1. The maximum atomic E-state index is 12.9. The van der Waals surface area contributed by atoms with Gasteiger partial charge in [-0.05, 0) is 35.7 Å². The van der Waals surface area contributed by atoms with Crippen molar-refractivity contribution in [2.75, 3.05) is 0 Å². The van der Waals surface area contributed by atoms with Crippen LogP contribution >= 0.6 is 11.8 Å². The van der Waals surface area contributed by atoms with Gasteiger partial charge in [-0.3, -0.25) is 0 Å². The summed E-state index contributed by atoms with van der Waals surface area (Å²) in [5, 5.41) is 9.72. The Labute approximate surface area is 167 Å².